The molecule has 114 valence electrons. The van der Waals surface area contributed by atoms with E-state index in [1.54, 1.807) is 0 Å². The number of ether oxygens (including phenoxy) is 2. The van der Waals surface area contributed by atoms with Gasteiger partial charge in [0, 0.05) is 32.6 Å². The minimum absolute atomic E-state index is 0.00487. The molecule has 2 N–H and O–H groups in total. The summed E-state index contributed by atoms with van der Waals surface area (Å²) < 4.78 is 46.1. The van der Waals surface area contributed by atoms with Crippen molar-refractivity contribution in [2.45, 2.75) is 32.0 Å². The van der Waals surface area contributed by atoms with Crippen molar-refractivity contribution in [2.75, 3.05) is 19.8 Å². The molecule has 1 aromatic carbocycles. The van der Waals surface area contributed by atoms with E-state index in [2.05, 4.69) is 0 Å². The fraction of sp³-hybridized carbons (Fsp3) is 0.571. The van der Waals surface area contributed by atoms with Crippen LogP contribution in [-0.2, 0) is 11.3 Å². The Labute approximate surface area is 116 Å². The van der Waals surface area contributed by atoms with Crippen LogP contribution in [0.15, 0.2) is 24.3 Å². The van der Waals surface area contributed by atoms with Crippen LogP contribution in [-0.4, -0.2) is 26.0 Å². The van der Waals surface area contributed by atoms with Crippen LogP contribution in [0.1, 0.15) is 24.8 Å². The predicted molar refractivity (Wildman–Crippen MR) is 70.6 cm³/mol. The first-order valence-electron chi connectivity index (χ1n) is 6.57. The van der Waals surface area contributed by atoms with Crippen LogP contribution < -0.4 is 10.5 Å². The van der Waals surface area contributed by atoms with Gasteiger partial charge in [0.1, 0.15) is 5.75 Å². The molecule has 0 aliphatic rings. The second-order valence-corrected chi connectivity index (χ2v) is 4.38. The summed E-state index contributed by atoms with van der Waals surface area (Å²) >= 11 is 0. The highest BCUT2D eigenvalue weighted by molar-refractivity contribution is 5.26. The van der Waals surface area contributed by atoms with Gasteiger partial charge in [0.2, 0.25) is 0 Å². The molecule has 6 heteroatoms. The maximum absolute atomic E-state index is 11.8. The maximum atomic E-state index is 11.8. The van der Waals surface area contributed by atoms with Gasteiger partial charge in [-0.25, -0.2) is 0 Å². The monoisotopic (exact) mass is 291 g/mol. The molecule has 0 aliphatic carbocycles. The zero-order valence-electron chi connectivity index (χ0n) is 11.3. The fourth-order valence-electron chi connectivity index (χ4n) is 1.55. The van der Waals surface area contributed by atoms with Crippen molar-refractivity contribution < 1.29 is 22.6 Å². The van der Waals surface area contributed by atoms with Gasteiger partial charge in [0.25, 0.3) is 0 Å². The van der Waals surface area contributed by atoms with Gasteiger partial charge in [0.05, 0.1) is 6.61 Å². The van der Waals surface area contributed by atoms with Crippen LogP contribution in [0.4, 0.5) is 13.2 Å². The smallest absolute Gasteiger partial charge is 0.389 e. The number of nitrogens with two attached hydrogens (primary N) is 1. The highest BCUT2D eigenvalue weighted by Crippen LogP contribution is 2.21. The Morgan fingerprint density at radius 2 is 1.60 bits per heavy atom. The van der Waals surface area contributed by atoms with Crippen molar-refractivity contribution >= 4 is 0 Å². The van der Waals surface area contributed by atoms with Crippen LogP contribution in [0.5, 0.6) is 5.75 Å². The van der Waals surface area contributed by atoms with E-state index in [4.69, 9.17) is 15.2 Å². The SMILES string of the molecule is NCc1ccc(OCCCOCCCC(F)(F)F)cc1. The summed E-state index contributed by atoms with van der Waals surface area (Å²) in [7, 11) is 0. The van der Waals surface area contributed by atoms with Gasteiger partial charge >= 0.3 is 6.18 Å². The van der Waals surface area contributed by atoms with Crippen molar-refractivity contribution in [1.29, 1.82) is 0 Å². The van der Waals surface area contributed by atoms with Crippen LogP contribution in [0.25, 0.3) is 0 Å². The van der Waals surface area contributed by atoms with Gasteiger partial charge in [-0.3, -0.25) is 0 Å². The standard InChI is InChI=1S/C14H20F3NO2/c15-14(16,17)7-1-8-19-9-2-10-20-13-5-3-12(11-18)4-6-13/h3-6H,1-2,7-11,18H2. The summed E-state index contributed by atoms with van der Waals surface area (Å²) in [5.41, 5.74) is 6.51. The minimum atomic E-state index is -4.10. The molecule has 1 rings (SSSR count). The lowest BCUT2D eigenvalue weighted by Crippen LogP contribution is -2.09. The van der Waals surface area contributed by atoms with Gasteiger partial charge in [0.15, 0.2) is 0 Å². The quantitative estimate of drug-likeness (QED) is 0.710. The van der Waals surface area contributed by atoms with E-state index in [0.717, 1.165) is 11.3 Å². The molecule has 0 heterocycles. The van der Waals surface area contributed by atoms with E-state index in [9.17, 15) is 13.2 Å². The molecule has 0 spiro atoms. The normalized spacial score (nSPS) is 11.6. The molecule has 20 heavy (non-hydrogen) atoms. The molecule has 0 amide bonds. The summed E-state index contributed by atoms with van der Waals surface area (Å²) in [6.07, 6.45) is -4.24. The van der Waals surface area contributed by atoms with Gasteiger partial charge in [-0.15, -0.1) is 0 Å². The Balaban J connectivity index is 1.99. The van der Waals surface area contributed by atoms with E-state index in [-0.39, 0.29) is 13.0 Å². The predicted octanol–water partition coefficient (Wildman–Crippen LogP) is 3.27. The highest BCUT2D eigenvalue weighted by atomic mass is 19.4. The molecule has 0 fully saturated rings. The Morgan fingerprint density at radius 3 is 2.20 bits per heavy atom. The van der Waals surface area contributed by atoms with Gasteiger partial charge in [-0.05, 0) is 24.1 Å². The molecular weight excluding hydrogens is 271 g/mol. The molecule has 3 nitrogen and oxygen atoms in total. The van der Waals surface area contributed by atoms with Crippen LogP contribution in [0, 0.1) is 0 Å². The van der Waals surface area contributed by atoms with Crippen LogP contribution in [0.3, 0.4) is 0 Å². The second-order valence-electron chi connectivity index (χ2n) is 4.38. The fourth-order valence-corrected chi connectivity index (χ4v) is 1.55. The van der Waals surface area contributed by atoms with E-state index < -0.39 is 12.6 Å². The highest BCUT2D eigenvalue weighted by Gasteiger charge is 2.25. The topological polar surface area (TPSA) is 44.5 Å². The van der Waals surface area contributed by atoms with E-state index >= 15 is 0 Å². The van der Waals surface area contributed by atoms with Crippen molar-refractivity contribution in [3.63, 3.8) is 0 Å². The zero-order valence-corrected chi connectivity index (χ0v) is 11.3. The third kappa shape index (κ3) is 8.01. The van der Waals surface area contributed by atoms with Gasteiger partial charge in [-0.1, -0.05) is 12.1 Å². The Bertz CT molecular complexity index is 366. The first-order valence-corrected chi connectivity index (χ1v) is 6.57. The minimum Gasteiger partial charge on any atom is -0.494 e. The number of hydrogen-bond donors (Lipinski definition) is 1. The largest absolute Gasteiger partial charge is 0.494 e. The lowest BCUT2D eigenvalue weighted by atomic mass is 10.2. The number of halogens is 3. The van der Waals surface area contributed by atoms with Crippen molar-refractivity contribution in [3.8, 4) is 5.75 Å². The van der Waals surface area contributed by atoms with Crippen molar-refractivity contribution in [2.24, 2.45) is 5.73 Å². The Hall–Kier alpha value is -1.27. The average Bonchev–Trinajstić information content (AvgIpc) is 2.41. The molecule has 0 saturated carbocycles. The molecular formula is C14H20F3NO2. The second kappa shape index (κ2) is 8.81. The van der Waals surface area contributed by atoms with Crippen LogP contribution in [0.2, 0.25) is 0 Å². The molecule has 0 saturated heterocycles. The first kappa shape index (κ1) is 16.8. The van der Waals surface area contributed by atoms with E-state index in [0.29, 0.717) is 26.2 Å². The Kier molecular flexibility index (Phi) is 7.40. The number of hydrogen-bond acceptors (Lipinski definition) is 3. The van der Waals surface area contributed by atoms with E-state index in [1.165, 1.54) is 0 Å². The molecule has 0 bridgehead atoms. The van der Waals surface area contributed by atoms with Crippen molar-refractivity contribution in [3.05, 3.63) is 29.8 Å². The van der Waals surface area contributed by atoms with Crippen molar-refractivity contribution in [1.82, 2.24) is 0 Å². The number of benzene rings is 1. The molecule has 0 radical (unpaired) electrons. The summed E-state index contributed by atoms with van der Waals surface area (Å²) in [5, 5.41) is 0. The van der Waals surface area contributed by atoms with Gasteiger partial charge < -0.3 is 15.2 Å². The summed E-state index contributed by atoms with van der Waals surface area (Å²) in [5.74, 6) is 0.749. The average molecular weight is 291 g/mol. The summed E-state index contributed by atoms with van der Waals surface area (Å²) in [6, 6.07) is 7.46. The number of alkyl halides is 3. The van der Waals surface area contributed by atoms with Crippen LogP contribution >= 0.6 is 0 Å². The molecule has 0 aliphatic heterocycles. The first-order chi connectivity index (χ1) is 9.51. The lowest BCUT2D eigenvalue weighted by molar-refractivity contribution is -0.137. The number of rotatable bonds is 9. The summed E-state index contributed by atoms with van der Waals surface area (Å²) in [6.45, 7) is 1.50. The molecule has 0 unspecified atom stereocenters. The molecule has 0 atom stereocenters. The maximum Gasteiger partial charge on any atom is 0.389 e. The third-order valence-corrected chi connectivity index (χ3v) is 2.61. The zero-order chi connectivity index (χ0) is 14.8. The lowest BCUT2D eigenvalue weighted by Gasteiger charge is -2.08. The summed E-state index contributed by atoms with van der Waals surface area (Å²) in [4.78, 5) is 0. The van der Waals surface area contributed by atoms with E-state index in [1.807, 2.05) is 24.3 Å². The Morgan fingerprint density at radius 1 is 0.950 bits per heavy atom. The molecule has 1 aromatic rings. The third-order valence-electron chi connectivity index (χ3n) is 2.61. The van der Waals surface area contributed by atoms with Gasteiger partial charge in [-0.2, -0.15) is 13.2 Å². The molecule has 0 aromatic heterocycles.